The fraction of sp³-hybridized carbons (Fsp3) is 0.207. The zero-order valence-corrected chi connectivity index (χ0v) is 19.7. The lowest BCUT2D eigenvalue weighted by molar-refractivity contribution is -0.122. The summed E-state index contributed by atoms with van der Waals surface area (Å²) >= 11 is 0. The first-order chi connectivity index (χ1) is 17.1. The van der Waals surface area contributed by atoms with Crippen molar-refractivity contribution in [2.24, 2.45) is 0 Å². The molecular weight excluding hydrogens is 436 g/mol. The van der Waals surface area contributed by atoms with Crippen LogP contribution in [0.1, 0.15) is 24.5 Å². The zero-order chi connectivity index (χ0) is 24.2. The Morgan fingerprint density at radius 1 is 0.914 bits per heavy atom. The second-order valence-electron chi connectivity index (χ2n) is 8.96. The molecule has 0 bridgehead atoms. The van der Waals surface area contributed by atoms with Crippen molar-refractivity contribution in [3.63, 3.8) is 0 Å². The van der Waals surface area contributed by atoms with Crippen LogP contribution < -0.4 is 10.9 Å². The van der Waals surface area contributed by atoms with Gasteiger partial charge in [0.05, 0.1) is 18.4 Å². The molecule has 0 saturated heterocycles. The van der Waals surface area contributed by atoms with Gasteiger partial charge in [0.25, 0.3) is 5.56 Å². The molecule has 0 radical (unpaired) electrons. The Kier molecular flexibility index (Phi) is 6.44. The van der Waals surface area contributed by atoms with Gasteiger partial charge in [0, 0.05) is 11.4 Å². The van der Waals surface area contributed by atoms with Crippen molar-refractivity contribution in [1.82, 2.24) is 19.4 Å². The summed E-state index contributed by atoms with van der Waals surface area (Å²) in [4.78, 5) is 31.2. The molecule has 0 saturated carbocycles. The van der Waals surface area contributed by atoms with E-state index in [-0.39, 0.29) is 24.1 Å². The highest BCUT2D eigenvalue weighted by Gasteiger charge is 2.19. The van der Waals surface area contributed by atoms with Crippen molar-refractivity contribution in [3.8, 4) is 0 Å². The summed E-state index contributed by atoms with van der Waals surface area (Å²) in [6.45, 7) is 2.50. The number of hydrogen-bond acceptors (Lipinski definition) is 3. The number of aromatic nitrogens is 3. The number of para-hydroxylation sites is 1. The molecule has 1 amide bonds. The summed E-state index contributed by atoms with van der Waals surface area (Å²) in [6.07, 6.45) is 3.33. The molecule has 0 unspecified atom stereocenters. The van der Waals surface area contributed by atoms with Gasteiger partial charge in [-0.15, -0.1) is 0 Å². The molecule has 1 N–H and O–H groups in total. The lowest BCUT2D eigenvalue weighted by atomic mass is 10.1. The average Bonchev–Trinajstić information content (AvgIpc) is 3.20. The minimum absolute atomic E-state index is 0.0173. The molecule has 5 aromatic rings. The van der Waals surface area contributed by atoms with E-state index in [0.717, 1.165) is 29.3 Å². The predicted octanol–water partition coefficient (Wildman–Crippen LogP) is 4.54. The van der Waals surface area contributed by atoms with Crippen LogP contribution in [-0.2, 0) is 24.3 Å². The Morgan fingerprint density at radius 2 is 1.57 bits per heavy atom. The Balaban J connectivity index is 1.42. The van der Waals surface area contributed by atoms with Crippen LogP contribution in [-0.4, -0.2) is 26.1 Å². The number of carbonyl (C=O) groups is 1. The second-order valence-corrected chi connectivity index (χ2v) is 8.96. The standard InChI is InChI=1S/C29H28N4O2/c1-21(16-17-22-10-4-2-5-11-22)31-26(34)19-33-25-15-9-8-14-24(25)27-28(33)29(35)32(20-30-27)18-23-12-6-3-7-13-23/h2-15,20-21H,16-19H2,1H3,(H,31,34)/t21-/m0/s1. The number of rotatable bonds is 8. The summed E-state index contributed by atoms with van der Waals surface area (Å²) in [7, 11) is 0. The molecule has 35 heavy (non-hydrogen) atoms. The molecule has 5 rings (SSSR count). The van der Waals surface area contributed by atoms with E-state index in [1.165, 1.54) is 5.56 Å². The fourth-order valence-electron chi connectivity index (χ4n) is 4.57. The Labute approximate surface area is 203 Å². The maximum absolute atomic E-state index is 13.6. The van der Waals surface area contributed by atoms with Crippen molar-refractivity contribution in [2.75, 3.05) is 0 Å². The maximum atomic E-state index is 13.6. The van der Waals surface area contributed by atoms with Crippen LogP contribution in [0.4, 0.5) is 0 Å². The number of aryl methyl sites for hydroxylation is 1. The van der Waals surface area contributed by atoms with Gasteiger partial charge < -0.3 is 9.88 Å². The minimum Gasteiger partial charge on any atom is -0.352 e. The van der Waals surface area contributed by atoms with Gasteiger partial charge in [0.15, 0.2) is 0 Å². The van der Waals surface area contributed by atoms with Gasteiger partial charge >= 0.3 is 0 Å². The summed E-state index contributed by atoms with van der Waals surface area (Å²) in [5, 5.41) is 3.97. The Morgan fingerprint density at radius 3 is 2.31 bits per heavy atom. The number of benzene rings is 3. The van der Waals surface area contributed by atoms with E-state index in [0.29, 0.717) is 17.6 Å². The normalized spacial score (nSPS) is 12.1. The van der Waals surface area contributed by atoms with Crippen LogP contribution in [0.2, 0.25) is 0 Å². The largest absolute Gasteiger partial charge is 0.352 e. The van der Waals surface area contributed by atoms with Gasteiger partial charge in [-0.05, 0) is 37.0 Å². The molecule has 0 aliphatic heterocycles. The van der Waals surface area contributed by atoms with Crippen LogP contribution in [0.3, 0.4) is 0 Å². The lowest BCUT2D eigenvalue weighted by Crippen LogP contribution is -2.36. The third-order valence-electron chi connectivity index (χ3n) is 6.35. The number of fused-ring (bicyclic) bond motifs is 3. The number of nitrogens with one attached hydrogen (secondary N) is 1. The zero-order valence-electron chi connectivity index (χ0n) is 19.7. The van der Waals surface area contributed by atoms with Crippen LogP contribution in [0.25, 0.3) is 21.9 Å². The first-order valence-corrected chi connectivity index (χ1v) is 11.9. The van der Waals surface area contributed by atoms with Crippen molar-refractivity contribution in [2.45, 2.75) is 38.9 Å². The molecule has 0 aliphatic carbocycles. The predicted molar refractivity (Wildman–Crippen MR) is 139 cm³/mol. The first kappa shape index (κ1) is 22.6. The molecule has 0 fully saturated rings. The molecule has 0 spiro atoms. The van der Waals surface area contributed by atoms with Crippen molar-refractivity contribution in [1.29, 1.82) is 0 Å². The molecule has 3 aromatic carbocycles. The molecule has 2 heterocycles. The molecule has 6 heteroatoms. The summed E-state index contributed by atoms with van der Waals surface area (Å²) < 4.78 is 3.41. The van der Waals surface area contributed by atoms with Gasteiger partial charge in [0.1, 0.15) is 17.6 Å². The average molecular weight is 465 g/mol. The number of nitrogens with zero attached hydrogens (tertiary/aromatic N) is 3. The van der Waals surface area contributed by atoms with E-state index in [9.17, 15) is 9.59 Å². The smallest absolute Gasteiger partial charge is 0.278 e. The van der Waals surface area contributed by atoms with Crippen LogP contribution in [0.15, 0.2) is 96.1 Å². The molecule has 2 aromatic heterocycles. The first-order valence-electron chi connectivity index (χ1n) is 11.9. The Hall–Kier alpha value is -4.19. The highest BCUT2D eigenvalue weighted by atomic mass is 16.2. The van der Waals surface area contributed by atoms with Crippen molar-refractivity contribution in [3.05, 3.63) is 113 Å². The molecular formula is C29H28N4O2. The molecule has 1 atom stereocenters. The number of hydrogen-bond donors (Lipinski definition) is 1. The summed E-state index contributed by atoms with van der Waals surface area (Å²) in [5.74, 6) is -0.119. The minimum atomic E-state index is -0.153. The topological polar surface area (TPSA) is 68.9 Å². The lowest BCUT2D eigenvalue weighted by Gasteiger charge is -2.15. The molecule has 176 valence electrons. The molecule has 0 aliphatic rings. The third-order valence-corrected chi connectivity index (χ3v) is 6.35. The van der Waals surface area contributed by atoms with E-state index in [1.807, 2.05) is 79.7 Å². The van der Waals surface area contributed by atoms with Crippen LogP contribution >= 0.6 is 0 Å². The Bertz CT molecular complexity index is 1520. The van der Waals surface area contributed by atoms with Gasteiger partial charge in [-0.2, -0.15) is 0 Å². The quantitative estimate of drug-likeness (QED) is 0.367. The van der Waals surface area contributed by atoms with Gasteiger partial charge in [-0.1, -0.05) is 78.9 Å². The number of amides is 1. The molecule has 6 nitrogen and oxygen atoms in total. The van der Waals surface area contributed by atoms with E-state index < -0.39 is 0 Å². The van der Waals surface area contributed by atoms with Crippen LogP contribution in [0, 0.1) is 0 Å². The third kappa shape index (κ3) is 4.87. The van der Waals surface area contributed by atoms with Gasteiger partial charge in [-0.25, -0.2) is 4.98 Å². The van der Waals surface area contributed by atoms with E-state index in [2.05, 4.69) is 22.4 Å². The van der Waals surface area contributed by atoms with Gasteiger partial charge in [0.2, 0.25) is 5.91 Å². The van der Waals surface area contributed by atoms with E-state index in [4.69, 9.17) is 0 Å². The number of carbonyl (C=O) groups excluding carboxylic acids is 1. The van der Waals surface area contributed by atoms with Crippen LogP contribution in [0.5, 0.6) is 0 Å². The monoisotopic (exact) mass is 464 g/mol. The van der Waals surface area contributed by atoms with E-state index in [1.54, 1.807) is 15.5 Å². The SMILES string of the molecule is C[C@@H](CCc1ccccc1)NC(=O)Cn1c2ccccc2c2ncn(Cc3ccccc3)c(=O)c21. The summed E-state index contributed by atoms with van der Waals surface area (Å²) in [5.41, 5.74) is 4.03. The van der Waals surface area contributed by atoms with Crippen molar-refractivity contribution >= 4 is 27.8 Å². The van der Waals surface area contributed by atoms with E-state index >= 15 is 0 Å². The highest BCUT2D eigenvalue weighted by molar-refractivity contribution is 6.06. The highest BCUT2D eigenvalue weighted by Crippen LogP contribution is 2.25. The fourth-order valence-corrected chi connectivity index (χ4v) is 4.57. The maximum Gasteiger partial charge on any atom is 0.278 e. The summed E-state index contributed by atoms with van der Waals surface area (Å²) in [6, 6.07) is 27.8. The van der Waals surface area contributed by atoms with Crippen molar-refractivity contribution < 1.29 is 4.79 Å². The van der Waals surface area contributed by atoms with Gasteiger partial charge in [-0.3, -0.25) is 14.2 Å². The second kappa shape index (κ2) is 9.97.